The average Bonchev–Trinajstić information content (AvgIpc) is 2.51. The summed E-state index contributed by atoms with van der Waals surface area (Å²) in [4.78, 5) is 12.4. The lowest BCUT2D eigenvalue weighted by Gasteiger charge is -2.06. The lowest BCUT2D eigenvalue weighted by atomic mass is 10.3. The van der Waals surface area contributed by atoms with E-state index in [1.807, 2.05) is 0 Å². The third-order valence-corrected chi connectivity index (χ3v) is 3.86. The molecule has 0 saturated heterocycles. The largest absolute Gasteiger partial charge is 0.497 e. The van der Waals surface area contributed by atoms with Gasteiger partial charge in [0.2, 0.25) is 5.91 Å². The van der Waals surface area contributed by atoms with Crippen molar-refractivity contribution in [2.45, 2.75) is 11.3 Å². The van der Waals surface area contributed by atoms with Gasteiger partial charge in [0.05, 0.1) is 7.11 Å². The van der Waals surface area contributed by atoms with Gasteiger partial charge in [-0.3, -0.25) is 4.79 Å². The molecule has 0 atom stereocenters. The molecular formula is C16H15F2NO2S. The van der Waals surface area contributed by atoms with Gasteiger partial charge in [0.25, 0.3) is 0 Å². The number of amides is 1. The number of thioether (sulfide) groups is 1. The first-order chi connectivity index (χ1) is 10.6. The topological polar surface area (TPSA) is 38.3 Å². The Morgan fingerprint density at radius 3 is 2.50 bits per heavy atom. The summed E-state index contributed by atoms with van der Waals surface area (Å²) in [5, 5.41) is 2.76. The number of hydrogen-bond acceptors (Lipinski definition) is 3. The van der Waals surface area contributed by atoms with Crippen molar-refractivity contribution in [3.05, 3.63) is 54.1 Å². The molecule has 0 aliphatic rings. The molecule has 0 radical (unpaired) electrons. The summed E-state index contributed by atoms with van der Waals surface area (Å²) in [7, 11) is 1.57. The van der Waals surface area contributed by atoms with Gasteiger partial charge < -0.3 is 10.1 Å². The van der Waals surface area contributed by atoms with E-state index in [1.165, 1.54) is 17.8 Å². The summed E-state index contributed by atoms with van der Waals surface area (Å²) in [6, 6.07) is 10.7. The maximum atomic E-state index is 13.0. The third-order valence-electron chi connectivity index (χ3n) is 2.86. The van der Waals surface area contributed by atoms with Crippen LogP contribution in [0.1, 0.15) is 6.42 Å². The van der Waals surface area contributed by atoms with Crippen molar-refractivity contribution in [2.75, 3.05) is 18.2 Å². The number of methoxy groups -OCH3 is 1. The number of carbonyl (C=O) groups is 1. The molecule has 1 N–H and O–H groups in total. The summed E-state index contributed by atoms with van der Waals surface area (Å²) >= 11 is 1.30. The van der Waals surface area contributed by atoms with Crippen LogP contribution in [0.25, 0.3) is 0 Å². The highest BCUT2D eigenvalue weighted by Gasteiger charge is 2.06. The van der Waals surface area contributed by atoms with E-state index in [9.17, 15) is 13.6 Å². The number of halogens is 2. The summed E-state index contributed by atoms with van der Waals surface area (Å²) in [6.07, 6.45) is 0.274. The van der Waals surface area contributed by atoms with Crippen LogP contribution in [0.3, 0.4) is 0 Å². The van der Waals surface area contributed by atoms with Crippen molar-refractivity contribution in [3.63, 3.8) is 0 Å². The molecule has 0 fully saturated rings. The van der Waals surface area contributed by atoms with Crippen molar-refractivity contribution >= 4 is 23.4 Å². The second-order valence-electron chi connectivity index (χ2n) is 4.45. The zero-order valence-corrected chi connectivity index (χ0v) is 12.8. The smallest absolute Gasteiger partial charge is 0.225 e. The molecule has 22 heavy (non-hydrogen) atoms. The molecule has 0 unspecified atom stereocenters. The Morgan fingerprint density at radius 2 is 1.86 bits per heavy atom. The second-order valence-corrected chi connectivity index (χ2v) is 5.62. The number of anilines is 1. The Morgan fingerprint density at radius 1 is 1.14 bits per heavy atom. The second kappa shape index (κ2) is 7.79. The van der Waals surface area contributed by atoms with Crippen molar-refractivity contribution < 1.29 is 18.3 Å². The van der Waals surface area contributed by atoms with E-state index in [0.29, 0.717) is 22.1 Å². The Balaban J connectivity index is 1.78. The SMILES string of the molecule is COc1ccc(NC(=O)CCSc2ccc(F)c(F)c2)cc1. The predicted octanol–water partition coefficient (Wildman–Crippen LogP) is 4.09. The van der Waals surface area contributed by atoms with Gasteiger partial charge in [0.15, 0.2) is 11.6 Å². The van der Waals surface area contributed by atoms with Crippen molar-refractivity contribution in [2.24, 2.45) is 0 Å². The van der Waals surface area contributed by atoms with Gasteiger partial charge in [-0.1, -0.05) is 0 Å². The van der Waals surface area contributed by atoms with E-state index >= 15 is 0 Å². The maximum Gasteiger partial charge on any atom is 0.225 e. The van der Waals surface area contributed by atoms with Crippen LogP contribution in [0.2, 0.25) is 0 Å². The molecule has 0 spiro atoms. The molecule has 3 nitrogen and oxygen atoms in total. The summed E-state index contributed by atoms with van der Waals surface area (Å²) in [5.74, 6) is -0.700. The monoisotopic (exact) mass is 323 g/mol. The fraction of sp³-hybridized carbons (Fsp3) is 0.188. The highest BCUT2D eigenvalue weighted by molar-refractivity contribution is 7.99. The van der Waals surface area contributed by atoms with Gasteiger partial charge >= 0.3 is 0 Å². The van der Waals surface area contributed by atoms with E-state index in [4.69, 9.17) is 4.74 Å². The van der Waals surface area contributed by atoms with Gasteiger partial charge in [-0.05, 0) is 42.5 Å². The van der Waals surface area contributed by atoms with Crippen LogP contribution in [-0.4, -0.2) is 18.8 Å². The molecule has 1 amide bonds. The summed E-state index contributed by atoms with van der Waals surface area (Å²) in [6.45, 7) is 0. The number of rotatable bonds is 6. The number of carbonyl (C=O) groups excluding carboxylic acids is 1. The van der Waals surface area contributed by atoms with Crippen LogP contribution in [-0.2, 0) is 4.79 Å². The van der Waals surface area contributed by atoms with E-state index in [0.717, 1.165) is 12.1 Å². The molecule has 2 rings (SSSR count). The quantitative estimate of drug-likeness (QED) is 0.814. The molecule has 2 aromatic rings. The van der Waals surface area contributed by atoms with Crippen LogP contribution in [0.4, 0.5) is 14.5 Å². The number of nitrogens with one attached hydrogen (secondary N) is 1. The normalized spacial score (nSPS) is 10.3. The van der Waals surface area contributed by atoms with E-state index in [1.54, 1.807) is 31.4 Å². The van der Waals surface area contributed by atoms with Crippen LogP contribution in [0, 0.1) is 11.6 Å². The minimum Gasteiger partial charge on any atom is -0.497 e. The number of ether oxygens (including phenoxy) is 1. The fourth-order valence-corrected chi connectivity index (χ4v) is 2.60. The van der Waals surface area contributed by atoms with Gasteiger partial charge in [0, 0.05) is 22.8 Å². The van der Waals surface area contributed by atoms with E-state index in [2.05, 4.69) is 5.32 Å². The number of benzene rings is 2. The van der Waals surface area contributed by atoms with Gasteiger partial charge in [-0.15, -0.1) is 11.8 Å². The van der Waals surface area contributed by atoms with Gasteiger partial charge in [-0.2, -0.15) is 0 Å². The maximum absolute atomic E-state index is 13.0. The Bertz CT molecular complexity index is 647. The third kappa shape index (κ3) is 4.73. The molecule has 6 heteroatoms. The van der Waals surface area contributed by atoms with Crippen LogP contribution in [0.5, 0.6) is 5.75 Å². The Kier molecular flexibility index (Phi) is 5.77. The van der Waals surface area contributed by atoms with E-state index < -0.39 is 11.6 Å². The first-order valence-electron chi connectivity index (χ1n) is 6.60. The zero-order chi connectivity index (χ0) is 15.9. The van der Waals surface area contributed by atoms with E-state index in [-0.39, 0.29) is 12.3 Å². The van der Waals surface area contributed by atoms with Gasteiger partial charge in [-0.25, -0.2) is 8.78 Å². The lowest BCUT2D eigenvalue weighted by Crippen LogP contribution is -2.12. The van der Waals surface area contributed by atoms with Crippen molar-refractivity contribution in [1.82, 2.24) is 0 Å². The lowest BCUT2D eigenvalue weighted by molar-refractivity contribution is -0.115. The summed E-state index contributed by atoms with van der Waals surface area (Å²) in [5.41, 5.74) is 0.684. The molecule has 0 bridgehead atoms. The highest BCUT2D eigenvalue weighted by atomic mass is 32.2. The minimum atomic E-state index is -0.882. The Labute approximate surface area is 131 Å². The fourth-order valence-electron chi connectivity index (χ4n) is 1.73. The molecule has 0 aliphatic carbocycles. The average molecular weight is 323 g/mol. The van der Waals surface area contributed by atoms with Crippen LogP contribution in [0.15, 0.2) is 47.4 Å². The minimum absolute atomic E-state index is 0.139. The molecule has 0 saturated carbocycles. The van der Waals surface area contributed by atoms with Crippen molar-refractivity contribution in [1.29, 1.82) is 0 Å². The molecule has 116 valence electrons. The predicted molar refractivity (Wildman–Crippen MR) is 83.3 cm³/mol. The standard InChI is InChI=1S/C16H15F2NO2S/c1-21-12-4-2-11(3-5-12)19-16(20)8-9-22-13-6-7-14(17)15(18)10-13/h2-7,10H,8-9H2,1H3,(H,19,20). The highest BCUT2D eigenvalue weighted by Crippen LogP contribution is 2.21. The van der Waals surface area contributed by atoms with Crippen molar-refractivity contribution in [3.8, 4) is 5.75 Å². The van der Waals surface area contributed by atoms with Crippen LogP contribution < -0.4 is 10.1 Å². The number of hydrogen-bond donors (Lipinski definition) is 1. The Hall–Kier alpha value is -2.08. The summed E-state index contributed by atoms with van der Waals surface area (Å²) < 4.78 is 30.9. The van der Waals surface area contributed by atoms with Gasteiger partial charge in [0.1, 0.15) is 5.75 Å². The first kappa shape index (κ1) is 16.3. The molecule has 0 aromatic heterocycles. The molecule has 0 heterocycles. The molecule has 0 aliphatic heterocycles. The first-order valence-corrected chi connectivity index (χ1v) is 7.59. The zero-order valence-electron chi connectivity index (χ0n) is 11.9. The molecular weight excluding hydrogens is 308 g/mol. The van der Waals surface area contributed by atoms with Crippen LogP contribution >= 0.6 is 11.8 Å². The molecule has 2 aromatic carbocycles.